The first-order valence-electron chi connectivity index (χ1n) is 4.03. The average molecular weight is 191 g/mol. The van der Waals surface area contributed by atoms with E-state index in [4.69, 9.17) is 10.00 Å². The number of benzene rings is 1. The second-order valence-corrected chi connectivity index (χ2v) is 2.47. The molecule has 0 saturated carbocycles. The van der Waals surface area contributed by atoms with Crippen molar-refractivity contribution >= 4 is 6.16 Å². The summed E-state index contributed by atoms with van der Waals surface area (Å²) in [5, 5.41) is 8.12. The molecule has 1 aromatic carbocycles. The van der Waals surface area contributed by atoms with Crippen molar-refractivity contribution in [2.75, 3.05) is 6.61 Å². The summed E-state index contributed by atoms with van der Waals surface area (Å²) < 4.78 is 9.11. The molecule has 0 fully saturated rings. The van der Waals surface area contributed by atoms with Crippen molar-refractivity contribution in [1.82, 2.24) is 0 Å². The van der Waals surface area contributed by atoms with Crippen molar-refractivity contribution in [2.24, 2.45) is 0 Å². The lowest BCUT2D eigenvalue weighted by Crippen LogP contribution is -2.07. The standard InChI is InChI=1S/C10H9NO3/c11-6-7-13-10(12)14-8-9-4-2-1-3-5-9/h1-5H,7-8H2. The second kappa shape index (κ2) is 5.60. The van der Waals surface area contributed by atoms with Crippen LogP contribution in [0.3, 0.4) is 0 Å². The van der Waals surface area contributed by atoms with E-state index in [0.717, 1.165) is 5.56 Å². The van der Waals surface area contributed by atoms with Crippen LogP contribution in [-0.4, -0.2) is 12.8 Å². The minimum atomic E-state index is -0.824. The maximum atomic E-state index is 10.8. The van der Waals surface area contributed by atoms with E-state index < -0.39 is 6.16 Å². The minimum absolute atomic E-state index is 0.158. The predicted octanol–water partition coefficient (Wildman–Crippen LogP) is 1.86. The summed E-state index contributed by atoms with van der Waals surface area (Å²) in [6, 6.07) is 10.9. The second-order valence-electron chi connectivity index (χ2n) is 2.47. The summed E-state index contributed by atoms with van der Waals surface area (Å²) in [7, 11) is 0. The highest BCUT2D eigenvalue weighted by atomic mass is 16.7. The SMILES string of the molecule is N#CCOC(=O)OCc1ccccc1. The summed E-state index contributed by atoms with van der Waals surface area (Å²) in [6.07, 6.45) is -0.824. The van der Waals surface area contributed by atoms with Crippen LogP contribution >= 0.6 is 0 Å². The van der Waals surface area contributed by atoms with Crippen LogP contribution in [0.25, 0.3) is 0 Å². The van der Waals surface area contributed by atoms with E-state index in [2.05, 4.69) is 4.74 Å². The van der Waals surface area contributed by atoms with Crippen LogP contribution in [0, 0.1) is 11.3 Å². The van der Waals surface area contributed by atoms with Crippen molar-refractivity contribution in [3.05, 3.63) is 35.9 Å². The number of hydrogen-bond acceptors (Lipinski definition) is 4. The van der Waals surface area contributed by atoms with Crippen LogP contribution < -0.4 is 0 Å². The molecule has 0 aliphatic heterocycles. The number of rotatable bonds is 3. The van der Waals surface area contributed by atoms with Crippen molar-refractivity contribution in [2.45, 2.75) is 6.61 Å². The highest BCUT2D eigenvalue weighted by Crippen LogP contribution is 2.01. The summed E-state index contributed by atoms with van der Waals surface area (Å²) >= 11 is 0. The van der Waals surface area contributed by atoms with Crippen molar-refractivity contribution in [3.63, 3.8) is 0 Å². The van der Waals surface area contributed by atoms with Crippen LogP contribution in [0.15, 0.2) is 30.3 Å². The fourth-order valence-corrected chi connectivity index (χ4v) is 0.849. The van der Waals surface area contributed by atoms with Gasteiger partial charge in [0.05, 0.1) is 0 Å². The van der Waals surface area contributed by atoms with Gasteiger partial charge in [-0.15, -0.1) is 0 Å². The Kier molecular flexibility index (Phi) is 4.02. The monoisotopic (exact) mass is 191 g/mol. The third-order valence-corrected chi connectivity index (χ3v) is 1.45. The van der Waals surface area contributed by atoms with E-state index in [1.54, 1.807) is 6.07 Å². The molecule has 0 heterocycles. The number of carbonyl (C=O) groups is 1. The largest absolute Gasteiger partial charge is 0.509 e. The van der Waals surface area contributed by atoms with Gasteiger partial charge in [-0.1, -0.05) is 30.3 Å². The molecule has 0 amide bonds. The maximum Gasteiger partial charge on any atom is 0.509 e. The molecule has 0 atom stereocenters. The Balaban J connectivity index is 2.28. The third-order valence-electron chi connectivity index (χ3n) is 1.45. The van der Waals surface area contributed by atoms with Gasteiger partial charge in [-0.05, 0) is 5.56 Å². The molecule has 0 N–H and O–H groups in total. The lowest BCUT2D eigenvalue weighted by atomic mass is 10.2. The smallest absolute Gasteiger partial charge is 0.429 e. The number of nitriles is 1. The third kappa shape index (κ3) is 3.59. The van der Waals surface area contributed by atoms with Gasteiger partial charge in [0.15, 0.2) is 6.61 Å². The first-order chi connectivity index (χ1) is 6.83. The molecule has 0 spiro atoms. The summed E-state index contributed by atoms with van der Waals surface area (Å²) in [4.78, 5) is 10.8. The van der Waals surface area contributed by atoms with Gasteiger partial charge >= 0.3 is 6.16 Å². The van der Waals surface area contributed by atoms with E-state index in [-0.39, 0.29) is 13.2 Å². The Bertz CT molecular complexity index is 329. The van der Waals surface area contributed by atoms with Gasteiger partial charge in [-0.25, -0.2) is 4.79 Å². The van der Waals surface area contributed by atoms with Crippen LogP contribution in [-0.2, 0) is 16.1 Å². The fraction of sp³-hybridized carbons (Fsp3) is 0.200. The highest BCUT2D eigenvalue weighted by Gasteiger charge is 2.02. The van der Waals surface area contributed by atoms with Gasteiger partial charge in [0.2, 0.25) is 0 Å². The molecule has 0 aromatic heterocycles. The lowest BCUT2D eigenvalue weighted by Gasteiger charge is -2.02. The number of hydrogen-bond donors (Lipinski definition) is 0. The normalized spacial score (nSPS) is 8.79. The molecule has 0 aliphatic rings. The molecule has 4 nitrogen and oxygen atoms in total. The Morgan fingerprint density at radius 2 is 2.00 bits per heavy atom. The average Bonchev–Trinajstić information content (AvgIpc) is 2.25. The van der Waals surface area contributed by atoms with E-state index in [1.807, 2.05) is 30.3 Å². The molecule has 0 radical (unpaired) electrons. The predicted molar refractivity (Wildman–Crippen MR) is 48.2 cm³/mol. The van der Waals surface area contributed by atoms with E-state index in [0.29, 0.717) is 0 Å². The first-order valence-corrected chi connectivity index (χ1v) is 4.03. The first kappa shape index (κ1) is 10.1. The summed E-state index contributed by atoms with van der Waals surface area (Å²) in [5.74, 6) is 0. The van der Waals surface area contributed by atoms with Crippen LogP contribution in [0.1, 0.15) is 5.56 Å². The summed E-state index contributed by atoms with van der Waals surface area (Å²) in [5.41, 5.74) is 0.876. The number of nitrogens with zero attached hydrogens (tertiary/aromatic N) is 1. The van der Waals surface area contributed by atoms with Crippen LogP contribution in [0.4, 0.5) is 4.79 Å². The minimum Gasteiger partial charge on any atom is -0.429 e. The van der Waals surface area contributed by atoms with Crippen LogP contribution in [0.2, 0.25) is 0 Å². The number of carbonyl (C=O) groups excluding carboxylic acids is 1. The lowest BCUT2D eigenvalue weighted by molar-refractivity contribution is 0.0586. The van der Waals surface area contributed by atoms with Gasteiger partial charge < -0.3 is 9.47 Å². The Labute approximate surface area is 81.7 Å². The molecule has 1 rings (SSSR count). The Morgan fingerprint density at radius 3 is 2.64 bits per heavy atom. The molecular weight excluding hydrogens is 182 g/mol. The quantitative estimate of drug-likeness (QED) is 0.684. The van der Waals surface area contributed by atoms with Gasteiger partial charge in [-0.2, -0.15) is 5.26 Å². The maximum absolute atomic E-state index is 10.8. The van der Waals surface area contributed by atoms with E-state index in [1.165, 1.54) is 0 Å². The van der Waals surface area contributed by atoms with Gasteiger partial charge in [0.25, 0.3) is 0 Å². The number of ether oxygens (including phenoxy) is 2. The zero-order valence-electron chi connectivity index (χ0n) is 7.47. The van der Waals surface area contributed by atoms with Gasteiger partial charge in [0.1, 0.15) is 12.7 Å². The summed E-state index contributed by atoms with van der Waals surface area (Å²) in [6.45, 7) is -0.126. The zero-order valence-corrected chi connectivity index (χ0v) is 7.47. The van der Waals surface area contributed by atoms with Crippen LogP contribution in [0.5, 0.6) is 0 Å². The molecule has 0 bridgehead atoms. The van der Waals surface area contributed by atoms with Crippen molar-refractivity contribution < 1.29 is 14.3 Å². The van der Waals surface area contributed by atoms with E-state index in [9.17, 15) is 4.79 Å². The van der Waals surface area contributed by atoms with Gasteiger partial charge in [0, 0.05) is 0 Å². The molecule has 72 valence electrons. The Morgan fingerprint density at radius 1 is 1.29 bits per heavy atom. The molecule has 1 aromatic rings. The van der Waals surface area contributed by atoms with Crippen molar-refractivity contribution in [1.29, 1.82) is 5.26 Å². The molecule has 14 heavy (non-hydrogen) atoms. The molecule has 0 unspecified atom stereocenters. The topological polar surface area (TPSA) is 59.3 Å². The zero-order chi connectivity index (χ0) is 10.2. The molecule has 0 aliphatic carbocycles. The highest BCUT2D eigenvalue weighted by molar-refractivity contribution is 5.60. The fourth-order valence-electron chi connectivity index (χ4n) is 0.849. The molecule has 4 heteroatoms. The van der Waals surface area contributed by atoms with Crippen molar-refractivity contribution in [3.8, 4) is 6.07 Å². The van der Waals surface area contributed by atoms with E-state index >= 15 is 0 Å². The molecule has 0 saturated heterocycles. The van der Waals surface area contributed by atoms with Gasteiger partial charge in [-0.3, -0.25) is 0 Å². The molecular formula is C10H9NO3. The Hall–Kier alpha value is -2.02.